The van der Waals surface area contributed by atoms with Crippen LogP contribution in [0, 0.1) is 6.92 Å². The summed E-state index contributed by atoms with van der Waals surface area (Å²) in [6.07, 6.45) is 0. The topological polar surface area (TPSA) is 98.2 Å². The second kappa shape index (κ2) is 7.41. The zero-order valence-electron chi connectivity index (χ0n) is 15.0. The van der Waals surface area contributed by atoms with Gasteiger partial charge >= 0.3 is 0 Å². The minimum Gasteiger partial charge on any atom is -0.438 e. The van der Waals surface area contributed by atoms with Crippen LogP contribution >= 0.6 is 0 Å². The summed E-state index contributed by atoms with van der Waals surface area (Å²) in [4.78, 5) is 4.29. The third kappa shape index (κ3) is 3.88. The van der Waals surface area contributed by atoms with Gasteiger partial charge in [0.15, 0.2) is 5.76 Å². The van der Waals surface area contributed by atoms with E-state index in [1.54, 1.807) is 0 Å². The van der Waals surface area contributed by atoms with Gasteiger partial charge in [-0.05, 0) is 30.7 Å². The van der Waals surface area contributed by atoms with Crippen molar-refractivity contribution in [2.45, 2.75) is 18.6 Å². The van der Waals surface area contributed by atoms with E-state index in [-0.39, 0.29) is 23.3 Å². The summed E-state index contributed by atoms with van der Waals surface area (Å²) in [5.41, 5.74) is 2.72. The fraction of sp³-hybridized carbons (Fsp3) is 0.100. The van der Waals surface area contributed by atoms with Gasteiger partial charge in [-0.25, -0.2) is 13.1 Å². The van der Waals surface area contributed by atoms with Gasteiger partial charge in [-0.2, -0.15) is 4.98 Å². The van der Waals surface area contributed by atoms with Crippen LogP contribution in [0.15, 0.2) is 80.8 Å². The Kier molecular flexibility index (Phi) is 4.81. The number of sulfonamides is 1. The maximum Gasteiger partial charge on any atom is 0.293 e. The highest BCUT2D eigenvalue weighted by molar-refractivity contribution is 7.89. The Morgan fingerprint density at radius 1 is 1.00 bits per heavy atom. The summed E-state index contributed by atoms with van der Waals surface area (Å²) >= 11 is 0. The van der Waals surface area contributed by atoms with Crippen molar-refractivity contribution in [2.75, 3.05) is 0 Å². The highest BCUT2D eigenvalue weighted by atomic mass is 32.2. The molecule has 0 atom stereocenters. The molecule has 0 fully saturated rings. The molecule has 0 bridgehead atoms. The zero-order valence-corrected chi connectivity index (χ0v) is 15.8. The first-order valence-corrected chi connectivity index (χ1v) is 10.0. The van der Waals surface area contributed by atoms with Crippen LogP contribution in [0.4, 0.5) is 0 Å². The Bertz CT molecular complexity index is 1200. The molecular weight excluding hydrogens is 378 g/mol. The van der Waals surface area contributed by atoms with Gasteiger partial charge in [-0.3, -0.25) is 0 Å². The van der Waals surface area contributed by atoms with Gasteiger partial charge < -0.3 is 8.94 Å². The lowest BCUT2D eigenvalue weighted by Crippen LogP contribution is -2.22. The van der Waals surface area contributed by atoms with E-state index in [1.807, 2.05) is 61.5 Å². The van der Waals surface area contributed by atoms with Crippen LogP contribution in [0.5, 0.6) is 0 Å². The number of aryl methyl sites for hydroxylation is 1. The van der Waals surface area contributed by atoms with Crippen molar-refractivity contribution in [2.24, 2.45) is 0 Å². The van der Waals surface area contributed by atoms with E-state index in [2.05, 4.69) is 14.9 Å². The maximum atomic E-state index is 12.4. The summed E-state index contributed by atoms with van der Waals surface area (Å²) in [5, 5.41) is 3.73. The SMILES string of the molecule is Cc1cccc(-c2noc(-c3ccc(S(=O)(=O)NCc4ccccc4)o3)n2)c1. The number of aromatic nitrogens is 2. The third-order valence-electron chi connectivity index (χ3n) is 4.07. The molecule has 2 aromatic carbocycles. The van der Waals surface area contributed by atoms with Gasteiger partial charge in [0.2, 0.25) is 10.9 Å². The molecule has 0 unspecified atom stereocenters. The molecule has 2 aromatic heterocycles. The molecule has 0 spiro atoms. The minimum absolute atomic E-state index is 0.112. The van der Waals surface area contributed by atoms with Crippen molar-refractivity contribution >= 4 is 10.0 Å². The van der Waals surface area contributed by atoms with E-state index in [9.17, 15) is 8.42 Å². The molecule has 142 valence electrons. The van der Waals surface area contributed by atoms with Crippen LogP contribution in [0.25, 0.3) is 23.0 Å². The van der Waals surface area contributed by atoms with Gasteiger partial charge in [0, 0.05) is 12.1 Å². The second-order valence-corrected chi connectivity index (χ2v) is 7.92. The first-order valence-electron chi connectivity index (χ1n) is 8.56. The van der Waals surface area contributed by atoms with Crippen LogP contribution in [0.1, 0.15) is 11.1 Å². The first-order chi connectivity index (χ1) is 13.5. The van der Waals surface area contributed by atoms with E-state index in [1.165, 1.54) is 12.1 Å². The molecule has 4 aromatic rings. The quantitative estimate of drug-likeness (QED) is 0.533. The normalized spacial score (nSPS) is 11.6. The lowest BCUT2D eigenvalue weighted by atomic mass is 10.1. The summed E-state index contributed by atoms with van der Waals surface area (Å²) in [6.45, 7) is 2.13. The van der Waals surface area contributed by atoms with E-state index in [4.69, 9.17) is 8.94 Å². The van der Waals surface area contributed by atoms with Crippen molar-refractivity contribution < 1.29 is 17.4 Å². The smallest absolute Gasteiger partial charge is 0.293 e. The Morgan fingerprint density at radius 3 is 2.61 bits per heavy atom. The van der Waals surface area contributed by atoms with Crippen LogP contribution in [-0.2, 0) is 16.6 Å². The van der Waals surface area contributed by atoms with Crippen LogP contribution in [-0.4, -0.2) is 18.6 Å². The number of nitrogens with zero attached hydrogens (tertiary/aromatic N) is 2. The first kappa shape index (κ1) is 18.1. The molecule has 0 saturated carbocycles. The molecule has 0 amide bonds. The number of hydrogen-bond acceptors (Lipinski definition) is 6. The predicted octanol–water partition coefficient (Wildman–Crippen LogP) is 3.78. The van der Waals surface area contributed by atoms with Crippen molar-refractivity contribution in [3.05, 3.63) is 77.9 Å². The van der Waals surface area contributed by atoms with E-state index in [0.717, 1.165) is 16.7 Å². The lowest BCUT2D eigenvalue weighted by Gasteiger charge is -2.03. The van der Waals surface area contributed by atoms with Gasteiger partial charge in [-0.1, -0.05) is 59.3 Å². The number of rotatable bonds is 6. The Morgan fingerprint density at radius 2 is 1.82 bits per heavy atom. The summed E-state index contributed by atoms with van der Waals surface area (Å²) < 4.78 is 38.1. The van der Waals surface area contributed by atoms with E-state index in [0.29, 0.717) is 5.82 Å². The van der Waals surface area contributed by atoms with Gasteiger partial charge in [-0.15, -0.1) is 0 Å². The molecule has 28 heavy (non-hydrogen) atoms. The van der Waals surface area contributed by atoms with Gasteiger partial charge in [0.05, 0.1) is 0 Å². The fourth-order valence-corrected chi connectivity index (χ4v) is 3.60. The molecule has 4 rings (SSSR count). The fourth-order valence-electron chi connectivity index (χ4n) is 2.65. The number of hydrogen-bond donors (Lipinski definition) is 1. The zero-order chi connectivity index (χ0) is 19.6. The monoisotopic (exact) mass is 395 g/mol. The standard InChI is InChI=1S/C20H17N3O4S/c1-14-6-5-9-16(12-14)19-22-20(27-23-19)17-10-11-18(26-17)28(24,25)21-13-15-7-3-2-4-8-15/h2-12,21H,13H2,1H3. The highest BCUT2D eigenvalue weighted by Gasteiger charge is 2.21. The summed E-state index contributed by atoms with van der Waals surface area (Å²) in [7, 11) is -3.80. The molecule has 8 heteroatoms. The molecule has 1 N–H and O–H groups in total. The largest absolute Gasteiger partial charge is 0.438 e. The van der Waals surface area contributed by atoms with Gasteiger partial charge in [0.1, 0.15) is 0 Å². The number of nitrogens with one attached hydrogen (secondary N) is 1. The maximum absolute atomic E-state index is 12.4. The molecular formula is C20H17N3O4S. The van der Waals surface area contributed by atoms with Crippen molar-refractivity contribution in [3.8, 4) is 23.0 Å². The lowest BCUT2D eigenvalue weighted by molar-refractivity contribution is 0.398. The molecule has 0 saturated heterocycles. The van der Waals surface area contributed by atoms with E-state index < -0.39 is 10.0 Å². The van der Waals surface area contributed by atoms with Crippen molar-refractivity contribution in [1.82, 2.24) is 14.9 Å². The Balaban J connectivity index is 1.53. The molecule has 0 aliphatic carbocycles. The van der Waals surface area contributed by atoms with Crippen molar-refractivity contribution in [3.63, 3.8) is 0 Å². The molecule has 0 radical (unpaired) electrons. The second-order valence-electron chi connectivity index (χ2n) is 6.22. The number of furan rings is 1. The van der Waals surface area contributed by atoms with Crippen LogP contribution in [0.3, 0.4) is 0 Å². The van der Waals surface area contributed by atoms with Crippen LogP contribution in [0.2, 0.25) is 0 Å². The van der Waals surface area contributed by atoms with Gasteiger partial charge in [0.25, 0.3) is 15.9 Å². The minimum atomic E-state index is -3.80. The average molecular weight is 395 g/mol. The molecule has 0 aliphatic heterocycles. The predicted molar refractivity (Wildman–Crippen MR) is 103 cm³/mol. The summed E-state index contributed by atoms with van der Waals surface area (Å²) in [6, 6.07) is 19.7. The number of benzene rings is 2. The van der Waals surface area contributed by atoms with Crippen molar-refractivity contribution in [1.29, 1.82) is 0 Å². The van der Waals surface area contributed by atoms with E-state index >= 15 is 0 Å². The molecule has 0 aliphatic rings. The summed E-state index contributed by atoms with van der Waals surface area (Å²) in [5.74, 6) is 0.703. The molecule has 2 heterocycles. The highest BCUT2D eigenvalue weighted by Crippen LogP contribution is 2.26. The molecule has 7 nitrogen and oxygen atoms in total. The third-order valence-corrected chi connectivity index (χ3v) is 5.34. The van der Waals surface area contributed by atoms with Crippen LogP contribution < -0.4 is 4.72 Å². The average Bonchev–Trinajstić information content (AvgIpc) is 3.37. The Hall–Kier alpha value is -3.23. The Labute approximate surface area is 162 Å².